The molecule has 0 aromatic heterocycles. The summed E-state index contributed by atoms with van der Waals surface area (Å²) in [5, 5.41) is 3.58. The van der Waals surface area contributed by atoms with E-state index in [0.717, 1.165) is 0 Å². The van der Waals surface area contributed by atoms with Gasteiger partial charge in [0.2, 0.25) is 0 Å². The first-order valence-corrected chi connectivity index (χ1v) is 12.5. The molecule has 0 saturated carbocycles. The van der Waals surface area contributed by atoms with Crippen LogP contribution >= 0.6 is 11.6 Å². The summed E-state index contributed by atoms with van der Waals surface area (Å²) in [6, 6.07) is 7.18. The minimum Gasteiger partial charge on any atom is -0.127 e. The molecule has 0 N–H and O–H groups in total. The van der Waals surface area contributed by atoms with Crippen LogP contribution in [-0.4, -0.2) is 22.6 Å². The molecule has 0 nitrogen and oxygen atoms in total. The maximum Gasteiger partial charge on any atom is 0.0775 e. The van der Waals surface area contributed by atoms with E-state index in [-0.39, 0.29) is 9.52 Å². The van der Waals surface area contributed by atoms with E-state index < -0.39 is 8.07 Å². The van der Waals surface area contributed by atoms with Crippen molar-refractivity contribution in [1.82, 2.24) is 0 Å². The molecule has 102 valence electrons. The first-order valence-electron chi connectivity index (χ1n) is 7.08. The van der Waals surface area contributed by atoms with Crippen LogP contribution < -0.4 is 10.4 Å². The predicted octanol–water partition coefficient (Wildman–Crippen LogP) is 3.09. The van der Waals surface area contributed by atoms with Gasteiger partial charge in [-0.15, -0.1) is 11.6 Å². The zero-order valence-electron chi connectivity index (χ0n) is 12.5. The van der Waals surface area contributed by atoms with Gasteiger partial charge in [0.1, 0.15) is 0 Å². The lowest BCUT2D eigenvalue weighted by atomic mass is 10.2. The third-order valence-corrected chi connectivity index (χ3v) is 7.76. The van der Waals surface area contributed by atoms with Gasteiger partial charge in [0.25, 0.3) is 0 Å². The fraction of sp³-hybridized carbons (Fsp3) is 0.600. The Hall–Kier alpha value is -0.0562. The maximum absolute atomic E-state index is 6.49. The summed E-state index contributed by atoms with van der Waals surface area (Å²) >= 11 is 6.49. The summed E-state index contributed by atoms with van der Waals surface area (Å²) in [6.45, 7) is 11.7. The van der Waals surface area contributed by atoms with Gasteiger partial charge in [-0.2, -0.15) is 0 Å². The normalized spacial score (nSPS) is 14.3. The molecule has 0 heterocycles. The van der Waals surface area contributed by atoms with Crippen molar-refractivity contribution in [3.63, 3.8) is 0 Å². The van der Waals surface area contributed by atoms with E-state index in [1.807, 2.05) is 0 Å². The van der Waals surface area contributed by atoms with Crippen LogP contribution in [0.5, 0.6) is 0 Å². The second-order valence-electron chi connectivity index (χ2n) is 6.40. The van der Waals surface area contributed by atoms with Crippen molar-refractivity contribution in [3.05, 3.63) is 23.8 Å². The van der Waals surface area contributed by atoms with Crippen LogP contribution in [0.25, 0.3) is 0 Å². The lowest BCUT2D eigenvalue weighted by Gasteiger charge is -2.19. The molecule has 0 fully saturated rings. The van der Waals surface area contributed by atoms with Gasteiger partial charge in [0, 0.05) is 5.00 Å². The van der Waals surface area contributed by atoms with Crippen LogP contribution in [0, 0.1) is 6.92 Å². The van der Waals surface area contributed by atoms with Gasteiger partial charge < -0.3 is 0 Å². The van der Waals surface area contributed by atoms with Crippen LogP contribution in [0.2, 0.25) is 19.6 Å². The largest absolute Gasteiger partial charge is 0.127 e. The summed E-state index contributed by atoms with van der Waals surface area (Å²) in [5.41, 5.74) is 1.41. The number of halogens is 1. The quantitative estimate of drug-likeness (QED) is 0.559. The van der Waals surface area contributed by atoms with Gasteiger partial charge in [-0.05, 0) is 13.3 Å². The van der Waals surface area contributed by atoms with Crippen LogP contribution in [0.4, 0.5) is 0 Å². The van der Waals surface area contributed by atoms with Crippen LogP contribution in [-0.2, 0) is 0 Å². The third kappa shape index (κ3) is 5.29. The van der Waals surface area contributed by atoms with E-state index in [9.17, 15) is 0 Å². The standard InChI is InChI=1S/C15H27ClSi2/c1-6-7-8-15(16)17-13-9-12(2)10-14(11-13)18(3,4)5/h9-11,15H,6-8,17H2,1-5H3. The van der Waals surface area contributed by atoms with Gasteiger partial charge >= 0.3 is 0 Å². The maximum atomic E-state index is 6.49. The average Bonchev–Trinajstić information content (AvgIpc) is 2.24. The Morgan fingerprint density at radius 1 is 1.22 bits per heavy atom. The molecular formula is C15H27ClSi2. The fourth-order valence-corrected chi connectivity index (χ4v) is 6.15. The smallest absolute Gasteiger partial charge is 0.0775 e. The first kappa shape index (κ1) is 16.0. The number of rotatable bonds is 6. The molecule has 0 aliphatic carbocycles. The molecule has 3 heteroatoms. The number of hydrogen-bond donors (Lipinski definition) is 0. The average molecular weight is 299 g/mol. The highest BCUT2D eigenvalue weighted by molar-refractivity contribution is 6.89. The van der Waals surface area contributed by atoms with Gasteiger partial charge in [-0.1, -0.05) is 73.5 Å². The van der Waals surface area contributed by atoms with E-state index in [1.54, 1.807) is 10.4 Å². The first-order chi connectivity index (χ1) is 8.32. The molecular weight excluding hydrogens is 272 g/mol. The van der Waals surface area contributed by atoms with Crippen molar-refractivity contribution in [2.24, 2.45) is 0 Å². The minimum absolute atomic E-state index is 0.320. The highest BCUT2D eigenvalue weighted by Crippen LogP contribution is 2.07. The number of unbranched alkanes of at least 4 members (excludes halogenated alkanes) is 1. The highest BCUT2D eigenvalue weighted by atomic mass is 35.5. The molecule has 1 unspecified atom stereocenters. The molecule has 0 saturated heterocycles. The Morgan fingerprint density at radius 3 is 2.44 bits per heavy atom. The second-order valence-corrected chi connectivity index (χ2v) is 14.8. The minimum atomic E-state index is -1.19. The lowest BCUT2D eigenvalue weighted by molar-refractivity contribution is 0.754. The molecule has 0 spiro atoms. The molecule has 1 aromatic rings. The fourth-order valence-electron chi connectivity index (χ4n) is 2.20. The monoisotopic (exact) mass is 298 g/mol. The van der Waals surface area contributed by atoms with Crippen molar-refractivity contribution in [2.45, 2.75) is 57.8 Å². The molecule has 1 aromatic carbocycles. The SMILES string of the molecule is CCCCC(Cl)[SiH2]c1cc(C)cc([Si](C)(C)C)c1. The molecule has 0 amide bonds. The topological polar surface area (TPSA) is 0 Å². The zero-order valence-corrected chi connectivity index (χ0v) is 15.7. The van der Waals surface area contributed by atoms with Crippen molar-refractivity contribution >= 4 is 39.6 Å². The third-order valence-electron chi connectivity index (χ3n) is 3.33. The van der Waals surface area contributed by atoms with Crippen molar-refractivity contribution < 1.29 is 0 Å². The summed E-state index contributed by atoms with van der Waals surface area (Å²) in [5.74, 6) is 0. The van der Waals surface area contributed by atoms with E-state index in [4.69, 9.17) is 11.6 Å². The van der Waals surface area contributed by atoms with Crippen molar-refractivity contribution in [2.75, 3.05) is 0 Å². The van der Waals surface area contributed by atoms with E-state index >= 15 is 0 Å². The van der Waals surface area contributed by atoms with E-state index in [2.05, 4.69) is 51.7 Å². The molecule has 1 rings (SSSR count). The Morgan fingerprint density at radius 2 is 1.89 bits per heavy atom. The Labute approximate surface area is 121 Å². The molecule has 0 radical (unpaired) electrons. The van der Waals surface area contributed by atoms with Gasteiger partial charge in [-0.3, -0.25) is 0 Å². The Balaban J connectivity index is 2.80. The summed E-state index contributed by atoms with van der Waals surface area (Å²) in [6.07, 6.45) is 3.72. The number of hydrogen-bond acceptors (Lipinski definition) is 0. The zero-order chi connectivity index (χ0) is 13.8. The van der Waals surface area contributed by atoms with Crippen molar-refractivity contribution in [1.29, 1.82) is 0 Å². The number of aryl methyl sites for hydroxylation is 1. The predicted molar refractivity (Wildman–Crippen MR) is 91.5 cm³/mol. The highest BCUT2D eigenvalue weighted by Gasteiger charge is 2.17. The lowest BCUT2D eigenvalue weighted by Crippen LogP contribution is -2.41. The molecule has 18 heavy (non-hydrogen) atoms. The van der Waals surface area contributed by atoms with Crippen LogP contribution in [0.15, 0.2) is 18.2 Å². The molecule has 1 atom stereocenters. The Bertz CT molecular complexity index is 383. The molecule has 0 aliphatic heterocycles. The molecule has 0 aliphatic rings. The van der Waals surface area contributed by atoms with Gasteiger partial charge in [0.05, 0.1) is 17.6 Å². The summed E-state index contributed by atoms with van der Waals surface area (Å²) in [7, 11) is -1.51. The van der Waals surface area contributed by atoms with Gasteiger partial charge in [-0.25, -0.2) is 0 Å². The van der Waals surface area contributed by atoms with E-state index in [0.29, 0.717) is 5.00 Å². The van der Waals surface area contributed by atoms with Crippen LogP contribution in [0.1, 0.15) is 31.7 Å². The summed E-state index contributed by atoms with van der Waals surface area (Å²) in [4.78, 5) is 0. The van der Waals surface area contributed by atoms with Gasteiger partial charge in [0.15, 0.2) is 0 Å². The van der Waals surface area contributed by atoms with Crippen LogP contribution in [0.3, 0.4) is 0 Å². The number of benzene rings is 1. The van der Waals surface area contributed by atoms with Crippen molar-refractivity contribution in [3.8, 4) is 0 Å². The Kier molecular flexibility index (Phi) is 6.15. The summed E-state index contributed by atoms with van der Waals surface area (Å²) < 4.78 is 0. The number of alkyl halides is 1. The van der Waals surface area contributed by atoms with E-state index in [1.165, 1.54) is 24.8 Å². The molecule has 0 bridgehead atoms. The second kappa shape index (κ2) is 6.92.